The third kappa shape index (κ3) is 3.60. The Morgan fingerprint density at radius 3 is 2.59 bits per heavy atom. The van der Waals surface area contributed by atoms with Crippen LogP contribution in [0.1, 0.15) is 6.92 Å². The normalized spacial score (nSPS) is 19.4. The van der Waals surface area contributed by atoms with Crippen molar-refractivity contribution < 1.29 is 0 Å². The summed E-state index contributed by atoms with van der Waals surface area (Å²) >= 11 is 6.01. The van der Waals surface area contributed by atoms with E-state index in [0.717, 1.165) is 37.7 Å². The highest BCUT2D eigenvalue weighted by Crippen LogP contribution is 2.20. The maximum atomic E-state index is 6.01. The van der Waals surface area contributed by atoms with E-state index in [-0.39, 0.29) is 6.04 Å². The molecular formula is C13H20ClN3. The molecule has 1 aromatic rings. The molecule has 0 bridgehead atoms. The van der Waals surface area contributed by atoms with Gasteiger partial charge < -0.3 is 10.6 Å². The smallest absolute Gasteiger partial charge is 0.0426 e. The van der Waals surface area contributed by atoms with E-state index in [2.05, 4.69) is 22.8 Å². The van der Waals surface area contributed by atoms with Crippen LogP contribution in [0.15, 0.2) is 24.3 Å². The van der Waals surface area contributed by atoms with Crippen molar-refractivity contribution in [2.75, 3.05) is 37.6 Å². The minimum Gasteiger partial charge on any atom is -0.369 e. The highest BCUT2D eigenvalue weighted by molar-refractivity contribution is 6.30. The zero-order valence-corrected chi connectivity index (χ0v) is 11.0. The van der Waals surface area contributed by atoms with Gasteiger partial charge in [0.1, 0.15) is 0 Å². The summed E-state index contributed by atoms with van der Waals surface area (Å²) in [6, 6.07) is 8.33. The van der Waals surface area contributed by atoms with Crippen LogP contribution in [0.25, 0.3) is 0 Å². The molecule has 2 N–H and O–H groups in total. The molecule has 0 saturated carbocycles. The lowest BCUT2D eigenvalue weighted by molar-refractivity contribution is 0.247. The molecule has 1 aliphatic rings. The average molecular weight is 254 g/mol. The molecule has 1 aromatic carbocycles. The first-order valence-electron chi connectivity index (χ1n) is 6.13. The SMILES string of the molecule is C[C@@H](N)CN1CCN(c2cccc(Cl)c2)CC1. The second-order valence-corrected chi connectivity index (χ2v) is 5.18. The van der Waals surface area contributed by atoms with E-state index in [0.29, 0.717) is 0 Å². The number of rotatable bonds is 3. The van der Waals surface area contributed by atoms with Gasteiger partial charge in [0, 0.05) is 49.5 Å². The molecule has 0 spiro atoms. The molecule has 0 amide bonds. The Bertz CT molecular complexity index is 359. The van der Waals surface area contributed by atoms with Crippen LogP contribution in [0.5, 0.6) is 0 Å². The lowest BCUT2D eigenvalue weighted by Gasteiger charge is -2.36. The number of hydrogen-bond acceptors (Lipinski definition) is 3. The van der Waals surface area contributed by atoms with Crippen molar-refractivity contribution in [3.8, 4) is 0 Å². The molecule has 1 saturated heterocycles. The van der Waals surface area contributed by atoms with Crippen molar-refractivity contribution in [3.05, 3.63) is 29.3 Å². The van der Waals surface area contributed by atoms with E-state index in [1.807, 2.05) is 18.2 Å². The van der Waals surface area contributed by atoms with Crippen molar-refractivity contribution in [2.24, 2.45) is 5.73 Å². The molecule has 0 radical (unpaired) electrons. The lowest BCUT2D eigenvalue weighted by Crippen LogP contribution is -2.49. The third-order valence-electron chi connectivity index (χ3n) is 3.09. The summed E-state index contributed by atoms with van der Waals surface area (Å²) in [7, 11) is 0. The summed E-state index contributed by atoms with van der Waals surface area (Å²) in [5, 5.41) is 0.806. The average Bonchev–Trinajstić information content (AvgIpc) is 2.29. The number of hydrogen-bond donors (Lipinski definition) is 1. The summed E-state index contributed by atoms with van der Waals surface area (Å²) in [4.78, 5) is 4.80. The molecule has 1 aliphatic heterocycles. The first-order valence-corrected chi connectivity index (χ1v) is 6.51. The first kappa shape index (κ1) is 12.7. The van der Waals surface area contributed by atoms with Gasteiger partial charge in [0.2, 0.25) is 0 Å². The monoisotopic (exact) mass is 253 g/mol. The fraction of sp³-hybridized carbons (Fsp3) is 0.538. The van der Waals surface area contributed by atoms with Gasteiger partial charge in [0.05, 0.1) is 0 Å². The largest absolute Gasteiger partial charge is 0.369 e. The second-order valence-electron chi connectivity index (χ2n) is 4.74. The molecular weight excluding hydrogens is 234 g/mol. The molecule has 17 heavy (non-hydrogen) atoms. The standard InChI is InChI=1S/C13H20ClN3/c1-11(15)10-16-5-7-17(8-6-16)13-4-2-3-12(14)9-13/h2-4,9,11H,5-8,10,15H2,1H3/t11-/m1/s1. The van der Waals surface area contributed by atoms with E-state index in [1.165, 1.54) is 5.69 Å². The van der Waals surface area contributed by atoms with E-state index < -0.39 is 0 Å². The van der Waals surface area contributed by atoms with Crippen LogP contribution in [0.4, 0.5) is 5.69 Å². The number of benzene rings is 1. The molecule has 1 heterocycles. The van der Waals surface area contributed by atoms with Gasteiger partial charge in [-0.1, -0.05) is 17.7 Å². The van der Waals surface area contributed by atoms with Gasteiger partial charge in [-0.25, -0.2) is 0 Å². The van der Waals surface area contributed by atoms with Crippen molar-refractivity contribution >= 4 is 17.3 Å². The van der Waals surface area contributed by atoms with E-state index in [1.54, 1.807) is 0 Å². The van der Waals surface area contributed by atoms with Crippen LogP contribution < -0.4 is 10.6 Å². The summed E-state index contributed by atoms with van der Waals surface area (Å²) in [5.74, 6) is 0. The van der Waals surface area contributed by atoms with Gasteiger partial charge in [0.15, 0.2) is 0 Å². The Morgan fingerprint density at radius 1 is 1.29 bits per heavy atom. The van der Waals surface area contributed by atoms with Crippen LogP contribution >= 0.6 is 11.6 Å². The summed E-state index contributed by atoms with van der Waals surface area (Å²) in [5.41, 5.74) is 7.04. The maximum absolute atomic E-state index is 6.01. The minimum atomic E-state index is 0.257. The van der Waals surface area contributed by atoms with Gasteiger partial charge in [-0.05, 0) is 25.1 Å². The zero-order chi connectivity index (χ0) is 12.3. The minimum absolute atomic E-state index is 0.257. The molecule has 3 nitrogen and oxygen atoms in total. The Kier molecular flexibility index (Phi) is 4.26. The van der Waals surface area contributed by atoms with Gasteiger partial charge in [0.25, 0.3) is 0 Å². The zero-order valence-electron chi connectivity index (χ0n) is 10.3. The Morgan fingerprint density at radius 2 is 2.00 bits per heavy atom. The Labute approximate surface area is 108 Å². The van der Waals surface area contributed by atoms with Crippen LogP contribution in [-0.2, 0) is 0 Å². The molecule has 2 rings (SSSR count). The highest BCUT2D eigenvalue weighted by Gasteiger charge is 2.17. The van der Waals surface area contributed by atoms with E-state index >= 15 is 0 Å². The summed E-state index contributed by atoms with van der Waals surface area (Å²) in [6.45, 7) is 7.30. The van der Waals surface area contributed by atoms with E-state index in [4.69, 9.17) is 17.3 Å². The fourth-order valence-electron chi connectivity index (χ4n) is 2.27. The van der Waals surface area contributed by atoms with Crippen LogP contribution in [0, 0.1) is 0 Å². The summed E-state index contributed by atoms with van der Waals surface area (Å²) in [6.07, 6.45) is 0. The fourth-order valence-corrected chi connectivity index (χ4v) is 2.45. The number of halogens is 1. The van der Waals surface area contributed by atoms with Crippen LogP contribution in [0.3, 0.4) is 0 Å². The predicted octanol–water partition coefficient (Wildman–Crippen LogP) is 1.81. The molecule has 0 aromatic heterocycles. The third-order valence-corrected chi connectivity index (χ3v) is 3.33. The first-order chi connectivity index (χ1) is 8.15. The van der Waals surface area contributed by atoms with Crippen LogP contribution in [0.2, 0.25) is 5.02 Å². The van der Waals surface area contributed by atoms with Gasteiger partial charge >= 0.3 is 0 Å². The lowest BCUT2D eigenvalue weighted by atomic mass is 10.2. The number of piperazine rings is 1. The molecule has 1 fully saturated rings. The molecule has 4 heteroatoms. The highest BCUT2D eigenvalue weighted by atomic mass is 35.5. The number of anilines is 1. The topological polar surface area (TPSA) is 32.5 Å². The van der Waals surface area contributed by atoms with E-state index in [9.17, 15) is 0 Å². The van der Waals surface area contributed by atoms with Crippen molar-refractivity contribution in [2.45, 2.75) is 13.0 Å². The molecule has 0 aliphatic carbocycles. The summed E-state index contributed by atoms with van der Waals surface area (Å²) < 4.78 is 0. The van der Waals surface area contributed by atoms with Crippen molar-refractivity contribution in [1.29, 1.82) is 0 Å². The number of nitrogens with two attached hydrogens (primary N) is 1. The maximum Gasteiger partial charge on any atom is 0.0426 e. The number of nitrogens with zero attached hydrogens (tertiary/aromatic N) is 2. The van der Waals surface area contributed by atoms with Crippen molar-refractivity contribution in [3.63, 3.8) is 0 Å². The predicted molar refractivity (Wildman–Crippen MR) is 73.8 cm³/mol. The van der Waals surface area contributed by atoms with Gasteiger partial charge in [-0.15, -0.1) is 0 Å². The second kappa shape index (κ2) is 5.71. The van der Waals surface area contributed by atoms with Gasteiger partial charge in [-0.2, -0.15) is 0 Å². The Balaban J connectivity index is 1.91. The Hall–Kier alpha value is -0.770. The quantitative estimate of drug-likeness (QED) is 0.892. The molecule has 94 valence electrons. The molecule has 0 unspecified atom stereocenters. The van der Waals surface area contributed by atoms with Crippen LogP contribution in [-0.4, -0.2) is 43.7 Å². The molecule has 1 atom stereocenters. The van der Waals surface area contributed by atoms with Gasteiger partial charge in [-0.3, -0.25) is 4.90 Å². The van der Waals surface area contributed by atoms with Crippen molar-refractivity contribution in [1.82, 2.24) is 4.90 Å².